The van der Waals surface area contributed by atoms with Gasteiger partial charge < -0.3 is 15.2 Å². The maximum Gasteiger partial charge on any atom is 0.161 e. The molecule has 2 aliphatic rings. The first-order valence-electron chi connectivity index (χ1n) is 9.53. The predicted octanol–water partition coefficient (Wildman–Crippen LogP) is 3.59. The molecule has 0 aliphatic carbocycles. The van der Waals surface area contributed by atoms with E-state index in [1.807, 2.05) is 18.2 Å². The second kappa shape index (κ2) is 7.49. The number of halogens is 1. The zero-order chi connectivity index (χ0) is 19.0. The second-order valence-corrected chi connectivity index (χ2v) is 7.55. The van der Waals surface area contributed by atoms with Gasteiger partial charge in [0.25, 0.3) is 0 Å². The van der Waals surface area contributed by atoms with E-state index in [4.69, 9.17) is 15.2 Å². The van der Waals surface area contributed by atoms with E-state index in [1.165, 1.54) is 11.1 Å². The van der Waals surface area contributed by atoms with Crippen molar-refractivity contribution in [2.24, 2.45) is 5.73 Å². The van der Waals surface area contributed by atoms with E-state index in [0.717, 1.165) is 48.6 Å². The van der Waals surface area contributed by atoms with Crippen molar-refractivity contribution < 1.29 is 13.9 Å². The van der Waals surface area contributed by atoms with Crippen LogP contribution in [0.5, 0.6) is 11.5 Å². The maximum absolute atomic E-state index is 13.1. The van der Waals surface area contributed by atoms with Gasteiger partial charge >= 0.3 is 0 Å². The second-order valence-electron chi connectivity index (χ2n) is 7.55. The molecule has 0 aromatic heterocycles. The molecule has 2 aliphatic heterocycles. The lowest BCUT2D eigenvalue weighted by atomic mass is 9.78. The summed E-state index contributed by atoms with van der Waals surface area (Å²) < 4.78 is 24.1. The van der Waals surface area contributed by atoms with Crippen LogP contribution in [0.15, 0.2) is 36.4 Å². The van der Waals surface area contributed by atoms with Crippen LogP contribution >= 0.6 is 0 Å². The number of nitrogens with two attached hydrogens (primary N) is 1. The summed E-state index contributed by atoms with van der Waals surface area (Å²) in [5, 5.41) is 0. The van der Waals surface area contributed by atoms with Crippen LogP contribution in [-0.2, 0) is 13.1 Å². The highest BCUT2D eigenvalue weighted by molar-refractivity contribution is 5.50. The fourth-order valence-corrected chi connectivity index (χ4v) is 4.64. The Morgan fingerprint density at radius 2 is 1.93 bits per heavy atom. The van der Waals surface area contributed by atoms with Gasteiger partial charge in [-0.1, -0.05) is 24.3 Å². The van der Waals surface area contributed by atoms with Gasteiger partial charge in [0, 0.05) is 31.1 Å². The summed E-state index contributed by atoms with van der Waals surface area (Å²) in [5.41, 5.74) is 11.1. The SMILES string of the molecule is COc1cc2c(cc1OC)[C@@H]1CC(N)[C@@H](c3cccc(CF)c3)CN1CC2. The number of ether oxygens (including phenoxy) is 2. The van der Waals surface area contributed by atoms with Gasteiger partial charge in [-0.25, -0.2) is 4.39 Å². The molecule has 1 saturated heterocycles. The fourth-order valence-electron chi connectivity index (χ4n) is 4.64. The third-order valence-corrected chi connectivity index (χ3v) is 6.09. The number of methoxy groups -OCH3 is 2. The van der Waals surface area contributed by atoms with Gasteiger partial charge in [0.1, 0.15) is 6.67 Å². The first-order chi connectivity index (χ1) is 13.1. The Hall–Kier alpha value is -2.11. The van der Waals surface area contributed by atoms with Gasteiger partial charge in [0.2, 0.25) is 0 Å². The van der Waals surface area contributed by atoms with Gasteiger partial charge in [-0.3, -0.25) is 4.90 Å². The molecule has 0 spiro atoms. The lowest BCUT2D eigenvalue weighted by molar-refractivity contribution is 0.109. The molecule has 5 heteroatoms. The van der Waals surface area contributed by atoms with Crippen LogP contribution in [0.4, 0.5) is 4.39 Å². The lowest BCUT2D eigenvalue weighted by Crippen LogP contribution is -2.49. The van der Waals surface area contributed by atoms with Gasteiger partial charge in [-0.05, 0) is 47.2 Å². The summed E-state index contributed by atoms with van der Waals surface area (Å²) in [4.78, 5) is 2.52. The topological polar surface area (TPSA) is 47.7 Å². The first-order valence-corrected chi connectivity index (χ1v) is 9.53. The first kappa shape index (κ1) is 18.3. The summed E-state index contributed by atoms with van der Waals surface area (Å²) in [6.45, 7) is 1.46. The third kappa shape index (κ3) is 3.30. The van der Waals surface area contributed by atoms with Crippen LogP contribution in [0, 0.1) is 0 Å². The summed E-state index contributed by atoms with van der Waals surface area (Å²) in [6.07, 6.45) is 1.87. The Morgan fingerprint density at radius 3 is 2.67 bits per heavy atom. The minimum absolute atomic E-state index is 0.0418. The van der Waals surface area contributed by atoms with Crippen LogP contribution in [0.3, 0.4) is 0 Å². The molecule has 2 aromatic rings. The molecule has 2 heterocycles. The molecule has 27 heavy (non-hydrogen) atoms. The molecular weight excluding hydrogens is 343 g/mol. The molecule has 4 rings (SSSR count). The van der Waals surface area contributed by atoms with Crippen LogP contribution < -0.4 is 15.2 Å². The minimum Gasteiger partial charge on any atom is -0.493 e. The van der Waals surface area contributed by atoms with Crippen molar-refractivity contribution in [3.8, 4) is 11.5 Å². The Balaban J connectivity index is 1.63. The van der Waals surface area contributed by atoms with E-state index in [0.29, 0.717) is 6.04 Å². The molecule has 0 bridgehead atoms. The quantitative estimate of drug-likeness (QED) is 0.894. The predicted molar refractivity (Wildman–Crippen MR) is 104 cm³/mol. The number of alkyl halides is 1. The molecule has 144 valence electrons. The monoisotopic (exact) mass is 370 g/mol. The molecule has 2 aromatic carbocycles. The highest BCUT2D eigenvalue weighted by Crippen LogP contribution is 2.44. The molecule has 4 nitrogen and oxygen atoms in total. The highest BCUT2D eigenvalue weighted by atomic mass is 19.1. The molecule has 1 unspecified atom stereocenters. The number of fused-ring (bicyclic) bond motifs is 3. The lowest BCUT2D eigenvalue weighted by Gasteiger charge is -2.46. The Labute approximate surface area is 160 Å². The summed E-state index contributed by atoms with van der Waals surface area (Å²) in [7, 11) is 3.34. The van der Waals surface area contributed by atoms with Crippen LogP contribution in [-0.4, -0.2) is 38.3 Å². The number of piperidine rings is 1. The van der Waals surface area contributed by atoms with Gasteiger partial charge in [-0.2, -0.15) is 0 Å². The molecule has 2 N–H and O–H groups in total. The van der Waals surface area contributed by atoms with E-state index < -0.39 is 6.67 Å². The smallest absolute Gasteiger partial charge is 0.161 e. The number of benzene rings is 2. The van der Waals surface area contributed by atoms with Gasteiger partial charge in [0.05, 0.1) is 14.2 Å². The van der Waals surface area contributed by atoms with E-state index in [-0.39, 0.29) is 12.0 Å². The van der Waals surface area contributed by atoms with Crippen LogP contribution in [0.25, 0.3) is 0 Å². The molecule has 0 amide bonds. The molecule has 0 radical (unpaired) electrons. The Morgan fingerprint density at radius 1 is 1.15 bits per heavy atom. The molecule has 0 saturated carbocycles. The van der Waals surface area contributed by atoms with Crippen LogP contribution in [0.2, 0.25) is 0 Å². The molecular formula is C22H27FN2O2. The van der Waals surface area contributed by atoms with Gasteiger partial charge in [-0.15, -0.1) is 0 Å². The van der Waals surface area contributed by atoms with Gasteiger partial charge in [0.15, 0.2) is 11.5 Å². The fraction of sp³-hybridized carbons (Fsp3) is 0.455. The largest absolute Gasteiger partial charge is 0.493 e. The zero-order valence-electron chi connectivity index (χ0n) is 16.0. The normalized spacial score (nSPS) is 24.8. The van der Waals surface area contributed by atoms with Crippen molar-refractivity contribution in [3.63, 3.8) is 0 Å². The number of hydrogen-bond acceptors (Lipinski definition) is 4. The number of nitrogens with zero attached hydrogens (tertiary/aromatic N) is 1. The average molecular weight is 370 g/mol. The van der Waals surface area contributed by atoms with Crippen molar-refractivity contribution >= 4 is 0 Å². The Bertz CT molecular complexity index is 826. The van der Waals surface area contributed by atoms with Crippen molar-refractivity contribution in [1.82, 2.24) is 4.90 Å². The van der Waals surface area contributed by atoms with Crippen molar-refractivity contribution in [2.45, 2.75) is 37.5 Å². The summed E-state index contributed by atoms with van der Waals surface area (Å²) in [6, 6.07) is 12.4. The summed E-state index contributed by atoms with van der Waals surface area (Å²) >= 11 is 0. The van der Waals surface area contributed by atoms with E-state index in [1.54, 1.807) is 14.2 Å². The van der Waals surface area contributed by atoms with E-state index >= 15 is 0 Å². The highest BCUT2D eigenvalue weighted by Gasteiger charge is 2.38. The van der Waals surface area contributed by atoms with Crippen molar-refractivity contribution in [3.05, 3.63) is 58.7 Å². The van der Waals surface area contributed by atoms with Crippen molar-refractivity contribution in [1.29, 1.82) is 0 Å². The standard InChI is InChI=1S/C22H27FN2O2/c1-26-21-9-16-6-7-25-13-18(15-5-3-4-14(8-15)12-23)19(24)11-20(25)17(16)10-22(21)27-2/h3-5,8-10,18-20H,6-7,11-13,24H2,1-2H3/t18-,19?,20+/m1/s1. The third-order valence-electron chi connectivity index (χ3n) is 6.09. The van der Waals surface area contributed by atoms with Crippen molar-refractivity contribution in [2.75, 3.05) is 27.3 Å². The molecule has 3 atom stereocenters. The zero-order valence-corrected chi connectivity index (χ0v) is 16.0. The maximum atomic E-state index is 13.1. The van der Waals surface area contributed by atoms with Crippen LogP contribution in [0.1, 0.15) is 40.6 Å². The van der Waals surface area contributed by atoms with E-state index in [9.17, 15) is 4.39 Å². The van der Waals surface area contributed by atoms with E-state index in [2.05, 4.69) is 23.1 Å². The Kier molecular flexibility index (Phi) is 5.06. The minimum atomic E-state index is -0.433. The molecule has 1 fully saturated rings. The average Bonchev–Trinajstić information content (AvgIpc) is 2.72. The number of rotatable bonds is 4. The summed E-state index contributed by atoms with van der Waals surface area (Å²) in [5.74, 6) is 1.78. The number of hydrogen-bond donors (Lipinski definition) is 1.